The highest BCUT2D eigenvalue weighted by Gasteiger charge is 2.19. The molecular formula is C25H38N2S2. The van der Waals surface area contributed by atoms with Crippen LogP contribution < -0.4 is 10.6 Å². The maximum atomic E-state index is 3.64. The summed E-state index contributed by atoms with van der Waals surface area (Å²) >= 11 is 4.05. The number of thioether (sulfide) groups is 2. The molecular weight excluding hydrogens is 392 g/mol. The van der Waals surface area contributed by atoms with Gasteiger partial charge in [-0.25, -0.2) is 0 Å². The molecule has 2 aromatic rings. The van der Waals surface area contributed by atoms with E-state index < -0.39 is 0 Å². The molecule has 0 aliphatic heterocycles. The molecule has 0 aliphatic carbocycles. The Labute approximate surface area is 187 Å². The zero-order valence-corrected chi connectivity index (χ0v) is 20.2. The van der Waals surface area contributed by atoms with E-state index in [1.165, 1.54) is 17.5 Å². The maximum Gasteiger partial charge on any atom is 0.0231 e. The summed E-state index contributed by atoms with van der Waals surface area (Å²) in [5.74, 6) is 2.15. The summed E-state index contributed by atoms with van der Waals surface area (Å²) in [6.07, 6.45) is 1.17. The Morgan fingerprint density at radius 2 is 1.00 bits per heavy atom. The fraction of sp³-hybridized carbons (Fsp3) is 0.520. The molecule has 0 bridgehead atoms. The summed E-state index contributed by atoms with van der Waals surface area (Å²) in [6.45, 7) is 13.6. The highest BCUT2D eigenvalue weighted by Crippen LogP contribution is 2.28. The summed E-state index contributed by atoms with van der Waals surface area (Å²) < 4.78 is 0.499. The summed E-state index contributed by atoms with van der Waals surface area (Å²) in [7, 11) is 0. The Bertz CT molecular complexity index is 612. The Hall–Kier alpha value is -0.940. The van der Waals surface area contributed by atoms with Crippen molar-refractivity contribution in [2.75, 3.05) is 26.2 Å². The Balaban J connectivity index is 1.51. The van der Waals surface area contributed by atoms with Gasteiger partial charge in [-0.05, 0) is 58.3 Å². The Morgan fingerprint density at radius 3 is 1.38 bits per heavy atom. The molecule has 0 radical (unpaired) electrons. The van der Waals surface area contributed by atoms with E-state index in [0.717, 1.165) is 37.7 Å². The molecule has 4 heteroatoms. The van der Waals surface area contributed by atoms with Crippen LogP contribution in [-0.4, -0.2) is 35.7 Å². The van der Waals surface area contributed by atoms with Crippen LogP contribution in [0, 0.1) is 0 Å². The molecule has 2 aromatic carbocycles. The van der Waals surface area contributed by atoms with Gasteiger partial charge in [-0.3, -0.25) is 0 Å². The number of hydrogen-bond acceptors (Lipinski definition) is 4. The molecule has 160 valence electrons. The van der Waals surface area contributed by atoms with E-state index in [4.69, 9.17) is 0 Å². The van der Waals surface area contributed by atoms with E-state index in [1.54, 1.807) is 0 Å². The third kappa shape index (κ3) is 11.1. The highest BCUT2D eigenvalue weighted by atomic mass is 32.2. The molecule has 0 saturated carbocycles. The fourth-order valence-corrected chi connectivity index (χ4v) is 4.83. The van der Waals surface area contributed by atoms with E-state index in [1.807, 2.05) is 23.5 Å². The summed E-state index contributed by atoms with van der Waals surface area (Å²) in [5, 5.41) is 7.28. The van der Waals surface area contributed by atoms with Gasteiger partial charge in [0.25, 0.3) is 0 Å². The van der Waals surface area contributed by atoms with Gasteiger partial charge in [0.2, 0.25) is 0 Å². The normalized spacial score (nSPS) is 12.3. The second-order valence-corrected chi connectivity index (χ2v) is 12.1. The van der Waals surface area contributed by atoms with Crippen LogP contribution in [-0.2, 0) is 11.5 Å². The minimum atomic E-state index is 0.249. The van der Waals surface area contributed by atoms with Crippen molar-refractivity contribution in [3.05, 3.63) is 71.8 Å². The van der Waals surface area contributed by atoms with E-state index >= 15 is 0 Å². The van der Waals surface area contributed by atoms with Crippen LogP contribution in [0.5, 0.6) is 0 Å². The molecule has 0 unspecified atom stereocenters. The summed E-state index contributed by atoms with van der Waals surface area (Å²) in [5.41, 5.74) is 2.81. The van der Waals surface area contributed by atoms with Crippen LogP contribution in [0.4, 0.5) is 0 Å². The Kier molecular flexibility index (Phi) is 10.6. The van der Waals surface area contributed by atoms with Gasteiger partial charge in [0, 0.05) is 34.1 Å². The molecule has 0 fully saturated rings. The standard InChI is InChI=1S/C25H38N2S2/c1-24(2,28-18-22-12-7-5-8-13-22)20-26-16-11-17-27-21-25(3,4)29-19-23-14-9-6-10-15-23/h5-10,12-15,26-27H,11,16-21H2,1-4H3. The first kappa shape index (κ1) is 24.3. The van der Waals surface area contributed by atoms with Crippen molar-refractivity contribution in [2.45, 2.75) is 55.1 Å². The van der Waals surface area contributed by atoms with Crippen LogP contribution in [0.25, 0.3) is 0 Å². The molecule has 2 nitrogen and oxygen atoms in total. The molecule has 0 aliphatic rings. The van der Waals surface area contributed by atoms with Crippen molar-refractivity contribution in [3.63, 3.8) is 0 Å². The van der Waals surface area contributed by atoms with Gasteiger partial charge < -0.3 is 10.6 Å². The topological polar surface area (TPSA) is 24.1 Å². The number of hydrogen-bond donors (Lipinski definition) is 2. The summed E-state index contributed by atoms with van der Waals surface area (Å²) in [6, 6.07) is 21.5. The fourth-order valence-electron chi connectivity index (χ4n) is 2.93. The first-order chi connectivity index (χ1) is 13.9. The van der Waals surface area contributed by atoms with Crippen molar-refractivity contribution < 1.29 is 0 Å². The van der Waals surface area contributed by atoms with Crippen molar-refractivity contribution in [1.29, 1.82) is 0 Å². The summed E-state index contributed by atoms with van der Waals surface area (Å²) in [4.78, 5) is 0. The average molecular weight is 431 g/mol. The number of benzene rings is 2. The van der Waals surface area contributed by atoms with Gasteiger partial charge in [-0.2, -0.15) is 0 Å². The van der Waals surface area contributed by atoms with Gasteiger partial charge in [0.15, 0.2) is 0 Å². The monoisotopic (exact) mass is 430 g/mol. The lowest BCUT2D eigenvalue weighted by molar-refractivity contribution is 0.536. The third-order valence-corrected chi connectivity index (χ3v) is 7.56. The molecule has 2 N–H and O–H groups in total. The smallest absolute Gasteiger partial charge is 0.0231 e. The molecule has 29 heavy (non-hydrogen) atoms. The SMILES string of the molecule is CC(C)(CNCCCNCC(C)(C)SCc1ccccc1)SCc1ccccc1. The van der Waals surface area contributed by atoms with Crippen molar-refractivity contribution in [3.8, 4) is 0 Å². The van der Waals surface area contributed by atoms with Gasteiger partial charge in [-0.15, -0.1) is 23.5 Å². The second-order valence-electron chi connectivity index (χ2n) is 8.78. The lowest BCUT2D eigenvalue weighted by Crippen LogP contribution is -2.36. The number of nitrogens with one attached hydrogen (secondary N) is 2. The molecule has 0 heterocycles. The number of rotatable bonds is 14. The lowest BCUT2D eigenvalue weighted by atomic mass is 10.2. The van der Waals surface area contributed by atoms with Gasteiger partial charge >= 0.3 is 0 Å². The zero-order valence-electron chi connectivity index (χ0n) is 18.5. The van der Waals surface area contributed by atoms with Crippen LogP contribution >= 0.6 is 23.5 Å². The van der Waals surface area contributed by atoms with E-state index in [9.17, 15) is 0 Å². The third-order valence-electron chi connectivity index (χ3n) is 4.75. The predicted octanol–water partition coefficient (Wildman–Crippen LogP) is 5.98. The van der Waals surface area contributed by atoms with Gasteiger partial charge in [0.1, 0.15) is 0 Å². The molecule has 0 spiro atoms. The second kappa shape index (κ2) is 12.7. The molecule has 0 amide bonds. The lowest BCUT2D eigenvalue weighted by Gasteiger charge is -2.25. The van der Waals surface area contributed by atoms with E-state index in [-0.39, 0.29) is 9.49 Å². The largest absolute Gasteiger partial charge is 0.315 e. The zero-order chi connectivity index (χ0) is 21.0. The minimum Gasteiger partial charge on any atom is -0.315 e. The predicted molar refractivity (Wildman–Crippen MR) is 134 cm³/mol. The molecule has 0 saturated heterocycles. The molecule has 2 rings (SSSR count). The van der Waals surface area contributed by atoms with Crippen LogP contribution in [0.15, 0.2) is 60.7 Å². The highest BCUT2D eigenvalue weighted by molar-refractivity contribution is 8.00. The molecule has 0 aromatic heterocycles. The van der Waals surface area contributed by atoms with E-state index in [0.29, 0.717) is 0 Å². The van der Waals surface area contributed by atoms with Crippen LogP contribution in [0.1, 0.15) is 45.2 Å². The maximum absolute atomic E-state index is 3.64. The van der Waals surface area contributed by atoms with Crippen molar-refractivity contribution in [2.24, 2.45) is 0 Å². The van der Waals surface area contributed by atoms with Crippen molar-refractivity contribution >= 4 is 23.5 Å². The first-order valence-corrected chi connectivity index (χ1v) is 12.6. The minimum absolute atomic E-state index is 0.249. The van der Waals surface area contributed by atoms with Gasteiger partial charge in [0.05, 0.1) is 0 Å². The van der Waals surface area contributed by atoms with E-state index in [2.05, 4.69) is 99.0 Å². The molecule has 0 atom stereocenters. The van der Waals surface area contributed by atoms with Crippen LogP contribution in [0.2, 0.25) is 0 Å². The first-order valence-electron chi connectivity index (χ1n) is 10.6. The average Bonchev–Trinajstić information content (AvgIpc) is 2.72. The quantitative estimate of drug-likeness (QED) is 0.360. The Morgan fingerprint density at radius 1 is 0.621 bits per heavy atom. The van der Waals surface area contributed by atoms with Crippen molar-refractivity contribution in [1.82, 2.24) is 10.6 Å². The van der Waals surface area contributed by atoms with Crippen LogP contribution in [0.3, 0.4) is 0 Å². The van der Waals surface area contributed by atoms with Gasteiger partial charge in [-0.1, -0.05) is 60.7 Å².